The van der Waals surface area contributed by atoms with Crippen molar-refractivity contribution in [3.8, 4) is 0 Å². The van der Waals surface area contributed by atoms with Gasteiger partial charge in [0, 0.05) is 60.8 Å². The van der Waals surface area contributed by atoms with Gasteiger partial charge in [-0.1, -0.05) is 67.2 Å². The van der Waals surface area contributed by atoms with Crippen LogP contribution in [0.5, 0.6) is 0 Å². The van der Waals surface area contributed by atoms with Gasteiger partial charge in [0.1, 0.15) is 142 Å². The van der Waals surface area contributed by atoms with Crippen molar-refractivity contribution < 1.29 is 98.9 Å². The van der Waals surface area contributed by atoms with Crippen molar-refractivity contribution in [3.05, 3.63) is 147 Å². The van der Waals surface area contributed by atoms with E-state index in [0.29, 0.717) is 127 Å². The largest absolute Gasteiger partial charge is 0.412 e. The molecule has 23 N–H and O–H groups in total. The van der Waals surface area contributed by atoms with E-state index in [1.165, 1.54) is 6.92 Å². The van der Waals surface area contributed by atoms with Gasteiger partial charge in [0.05, 0.1) is 42.7 Å². The van der Waals surface area contributed by atoms with Crippen LogP contribution < -0.4 is 34.0 Å². The number of aliphatic hydroxyl groups excluding tert-OH is 10. The number of aliphatic hydroxyl groups is 12. The summed E-state index contributed by atoms with van der Waals surface area (Å²) in [5.41, 5.74) is 27.3. The van der Waals surface area contributed by atoms with Gasteiger partial charge in [-0.15, -0.1) is 79.1 Å². The lowest BCUT2D eigenvalue weighted by molar-refractivity contribution is -0.117. The molecule has 12 heterocycles. The van der Waals surface area contributed by atoms with Gasteiger partial charge in [0.2, 0.25) is 5.91 Å². The topological polar surface area (TPSA) is 560 Å². The van der Waals surface area contributed by atoms with E-state index in [4.69, 9.17) is 61.5 Å². The van der Waals surface area contributed by atoms with Crippen molar-refractivity contribution >= 4 is 128 Å². The van der Waals surface area contributed by atoms with Crippen LogP contribution >= 0.6 is 41.3 Å². The third kappa shape index (κ3) is 33.7. The first kappa shape index (κ1) is 124. The molecule has 12 rings (SSSR count). The number of hydrogen-bond acceptors (Lipinski definition) is 37. The third-order valence-electron chi connectivity index (χ3n) is 26.6. The van der Waals surface area contributed by atoms with Crippen molar-refractivity contribution in [2.24, 2.45) is 58.6 Å². The van der Waals surface area contributed by atoms with Gasteiger partial charge in [-0.05, 0) is 226 Å². The Kier molecular flexibility index (Phi) is 42.5. The molecular weight excluding hydrogens is 1980 g/mol. The molecule has 1 amide bonds. The molecule has 0 aromatic carbocycles. The average Bonchev–Trinajstić information content (AvgIpc) is 1.60. The molecule has 12 aliphatic heterocycles. The quantitative estimate of drug-likeness (QED) is 0.0313. The second-order valence-corrected chi connectivity index (χ2v) is 75.8. The third-order valence-corrected chi connectivity index (χ3v) is 39.9. The molecule has 0 aromatic heterocycles. The van der Waals surface area contributed by atoms with Gasteiger partial charge in [-0.25, -0.2) is 30.0 Å². The highest BCUT2D eigenvalue weighted by Gasteiger charge is 2.58. The lowest BCUT2D eigenvalue weighted by Gasteiger charge is -2.37. The molecule has 0 aromatic rings. The molecule has 0 aliphatic carbocycles. The number of amides is 1. The Labute approximate surface area is 856 Å². The van der Waals surface area contributed by atoms with Crippen LogP contribution in [0.15, 0.2) is 177 Å². The van der Waals surface area contributed by atoms with E-state index in [0.717, 1.165) is 48.1 Å². The minimum absolute atomic E-state index is 0.0735. The van der Waals surface area contributed by atoms with E-state index in [2.05, 4.69) is 226 Å². The number of rotatable bonds is 28. The lowest BCUT2D eigenvalue weighted by Crippen LogP contribution is -2.51. The fraction of sp³-hybridized carbons (Fsp3) is 0.626. The minimum atomic E-state index is -1.97. The molecule has 12 aliphatic rings. The Bertz CT molecular complexity index is 5280. The van der Waals surface area contributed by atoms with E-state index in [1.807, 2.05) is 20.8 Å². The van der Waals surface area contributed by atoms with Crippen LogP contribution in [0.4, 0.5) is 0 Å². The zero-order chi connectivity index (χ0) is 109. The Hall–Kier alpha value is -6.57. The summed E-state index contributed by atoms with van der Waals surface area (Å²) in [5.74, 6) is 4.27. The molecule has 24 atom stereocenters. The van der Waals surface area contributed by atoms with E-state index in [-0.39, 0.29) is 10.9 Å². The first-order valence-corrected chi connectivity index (χ1v) is 69.4. The number of carbonyl (C=O) groups is 1. The SMILES string of the molecule is C=C1N=C(N)C(C)=CN1[C@@H]1O[C@H](CCP(=C)(C)C)[C@@H](O)[C@H]1O.C=C1N=C(N)C(CO[Si](C)(C)C(C)(C)C)=CN1[C@@H]1O[C@H](CCP(=C)(C)C)[C@@H](O)[C@H]1O.C=C1N=C(N)C=CN1[C@@H]1O[C@H](CCP(=C)(C)C)[C@@H](O)[C@@]1(C)O.C=C1N=C(N)C=CN1[C@@H]1O[C@H](CCP(=C)(C)C)[C@@H](O)[C@]1(C)O.C=C1N=C(N)C=CN1[C@@H]1O[C@](C)(CCP(=C)(C)C)[C@@H](O)[C@H]1O.C=C1N=C(NC(C)=O)C(CC)=CN1[C@@H]1O[C@H](CCP(=C)(C)C)[C@@H](O)[C@H]1O. The fourth-order valence-corrected chi connectivity index (χ4v) is 23.2. The second-order valence-electron chi connectivity index (χ2n) is 45.1. The van der Waals surface area contributed by atoms with E-state index >= 15 is 0 Å². The Balaban J connectivity index is 0.000000235. The molecule has 38 nitrogen and oxygen atoms in total. The number of ether oxygens (including phenoxy) is 6. The van der Waals surface area contributed by atoms with Crippen molar-refractivity contribution in [3.63, 3.8) is 0 Å². The number of nitrogens with two attached hydrogens (primary N) is 5. The van der Waals surface area contributed by atoms with Gasteiger partial charge in [-0.3, -0.25) is 4.79 Å². The minimum Gasteiger partial charge on any atom is -0.412 e. The van der Waals surface area contributed by atoms with E-state index in [1.54, 1.807) is 98.7 Å². The Morgan fingerprint density at radius 2 is 0.750 bits per heavy atom. The van der Waals surface area contributed by atoms with E-state index in [9.17, 15) is 66.1 Å². The molecule has 144 heavy (non-hydrogen) atoms. The maximum Gasteiger partial charge on any atom is 0.222 e. The Morgan fingerprint density at radius 3 is 1.08 bits per heavy atom. The molecule has 45 heteroatoms. The van der Waals surface area contributed by atoms with Crippen LogP contribution in [-0.2, 0) is 37.6 Å². The van der Waals surface area contributed by atoms with Crippen LogP contribution in [0, 0.1) is 0 Å². The molecule has 0 unspecified atom stereocenters. The molecule has 0 spiro atoms. The Morgan fingerprint density at radius 1 is 0.438 bits per heavy atom. The molecule has 0 saturated carbocycles. The number of hydrogen-bond donors (Lipinski definition) is 18. The predicted octanol–water partition coefficient (Wildman–Crippen LogP) is 6.05. The van der Waals surface area contributed by atoms with Crippen LogP contribution in [-0.4, -0.2) is 447 Å². The van der Waals surface area contributed by atoms with Crippen molar-refractivity contribution in [2.45, 2.75) is 271 Å². The van der Waals surface area contributed by atoms with E-state index < -0.39 is 195 Å². The van der Waals surface area contributed by atoms with Gasteiger partial charge >= 0.3 is 0 Å². The van der Waals surface area contributed by atoms with Gasteiger partial charge in [0.25, 0.3) is 0 Å². The molecule has 6 fully saturated rings. The molecule has 814 valence electrons. The molecule has 6 saturated heterocycles. The summed E-state index contributed by atoms with van der Waals surface area (Å²) < 4.78 is 42.0. The summed E-state index contributed by atoms with van der Waals surface area (Å²) >= 11 is 0. The number of carbonyl (C=O) groups excluding carboxylic acids is 1. The van der Waals surface area contributed by atoms with Crippen LogP contribution in [0.3, 0.4) is 0 Å². The summed E-state index contributed by atoms with van der Waals surface area (Å²) in [6.45, 7) is 62.8. The predicted molar refractivity (Wildman–Crippen MR) is 606 cm³/mol. The van der Waals surface area contributed by atoms with Crippen LogP contribution in [0.2, 0.25) is 18.1 Å². The standard InChI is InChI=1S/C21H40N3O4PSi.C18H30N3O4P.4C15H26N3O3P/c1-14-23-19(22)15(13-27-30(8,9)21(2,3)4)12-24(14)20-18(26)17(25)16(28-20)10-11-29(5,6)7;1-7-13-10-21(11(2)19-17(13)20-12(3)22)18-16(24)15(23)14(25-18)8-9-26(4,5)6;2*1-10-17-12(16)6-8-18(10)14-15(2,20)13(19)11(21-14)7-9-22(3,4)5;1-10-17-11(16)6-8-18(10)14-12(19)13(20)15(2,21-14)7-9-22(3,4)5;1-9-8-18(10(2)17-14(9)16)15-13(20)12(19)11(21-15)6-7-22(3,4)5/h12,16-18,20,25-26H,1,5,10-11,13H2,2-4,6-9H3,(H2,22,23);10,14-16,18,23-24H,2,4,7-9H2,1,3,5-6H3,(H,19,20,22);2*6,8,11,13-14,19-20H,1,3,7,9H2,2,4-5H3,(H2,16,17);6,8,12-14,19-20H,1,3,7,9H2,2,4-5H3,(H2,16,17);8,11-13,15,19-20H,2-3,6-7H2,1,4-5H3,(H2,16,17)/t16-,17-,18-,20-;14-,15-,16-,18-;11-,13-,14-,15+;11-,13-,14-,15-;12-,13+,14-,15-;11-,12-,13-,15-/m111111/s1. The lowest BCUT2D eigenvalue weighted by atomic mass is 9.94. The highest BCUT2D eigenvalue weighted by molar-refractivity contribution is 7.73. The van der Waals surface area contributed by atoms with Gasteiger partial charge < -0.3 is 158 Å². The normalized spacial score (nSPS) is 32.7. The van der Waals surface area contributed by atoms with Crippen LogP contribution in [0.25, 0.3) is 0 Å². The number of aliphatic imine (C=N–C) groups is 6. The van der Waals surface area contributed by atoms with Gasteiger partial charge in [-0.2, -0.15) is 0 Å². The first-order chi connectivity index (χ1) is 65.7. The zero-order valence-electron chi connectivity index (χ0n) is 89.3. The summed E-state index contributed by atoms with van der Waals surface area (Å²) in [6, 6.07) is 0. The molecule has 0 radical (unpaired) electrons. The highest BCUT2D eigenvalue weighted by atomic mass is 31.2. The monoisotopic (exact) mass is 2150 g/mol. The molecule has 0 bridgehead atoms. The van der Waals surface area contributed by atoms with Gasteiger partial charge in [0.15, 0.2) is 45.7 Å². The maximum absolute atomic E-state index is 11.3. The summed E-state index contributed by atoms with van der Waals surface area (Å²) in [6.07, 6.45) is 33.3. The highest BCUT2D eigenvalue weighted by Crippen LogP contribution is 2.49. The number of nitrogens with one attached hydrogen (secondary N) is 1. The molecular formula is C99H174N18O20P6Si. The maximum atomic E-state index is 11.3. The average molecular weight is 2150 g/mol. The smallest absolute Gasteiger partial charge is 0.222 e. The van der Waals surface area contributed by atoms with Crippen LogP contribution in [0.1, 0.15) is 107 Å². The summed E-state index contributed by atoms with van der Waals surface area (Å²) in [4.78, 5) is 46.1. The first-order valence-electron chi connectivity index (χ1n) is 48.2. The number of nitrogens with zero attached hydrogens (tertiary/aromatic N) is 12. The number of amidine groups is 6. The zero-order valence-corrected chi connectivity index (χ0v) is 95.6. The fourth-order valence-electron chi connectivity index (χ4n) is 16.5. The van der Waals surface area contributed by atoms with Crippen molar-refractivity contribution in [1.29, 1.82) is 0 Å². The summed E-state index contributed by atoms with van der Waals surface area (Å²) in [7, 11) is -1.97. The second kappa shape index (κ2) is 49.2. The summed E-state index contributed by atoms with van der Waals surface area (Å²) in [5, 5.41) is 128. The van der Waals surface area contributed by atoms with Crippen molar-refractivity contribution in [1.82, 2.24) is 34.7 Å². The van der Waals surface area contributed by atoms with Crippen molar-refractivity contribution in [2.75, 3.05) is 124 Å².